The van der Waals surface area contributed by atoms with Crippen LogP contribution in [0.3, 0.4) is 0 Å². The molecule has 0 aromatic heterocycles. The zero-order chi connectivity index (χ0) is 43.3. The van der Waals surface area contributed by atoms with E-state index < -0.39 is 27.3 Å². The molecular weight excluding hydrogens is 913 g/mol. The Balaban J connectivity index is 0.000000235. The summed E-state index contributed by atoms with van der Waals surface area (Å²) in [5, 5.41) is 0. The molecule has 0 bridgehead atoms. The van der Waals surface area contributed by atoms with Gasteiger partial charge in [0.05, 0.1) is 14.1 Å². The third-order valence-corrected chi connectivity index (χ3v) is 8.26. The average Bonchev–Trinajstić information content (AvgIpc) is 3.12. The molecule has 58 heavy (non-hydrogen) atoms. The number of quaternary nitrogens is 2. The van der Waals surface area contributed by atoms with Gasteiger partial charge < -0.3 is 0 Å². The van der Waals surface area contributed by atoms with E-state index in [9.17, 15) is 42.1 Å². The second-order valence-corrected chi connectivity index (χ2v) is 21.3. The van der Waals surface area contributed by atoms with Gasteiger partial charge in [-0.25, -0.2) is 0 Å². The summed E-state index contributed by atoms with van der Waals surface area (Å²) in [5.74, 6) is 0. The Labute approximate surface area is 332 Å². The maximum absolute atomic E-state index is 11.2. The third kappa shape index (κ3) is 23.2. The maximum atomic E-state index is 9.93. The van der Waals surface area contributed by atoms with E-state index in [-0.39, 0.29) is 0 Å². The van der Waals surface area contributed by atoms with E-state index in [4.69, 9.17) is 0 Å². The number of hydrogen-bond donors (Lipinski definition) is 0. The molecule has 6 aromatic rings. The Morgan fingerprint density at radius 2 is 0.466 bits per heavy atom. The molecule has 0 unspecified atom stereocenters. The van der Waals surface area contributed by atoms with Crippen LogP contribution in [0.5, 0.6) is 0 Å². The van der Waals surface area contributed by atoms with Gasteiger partial charge in [0.1, 0.15) is 37.6 Å². The van der Waals surface area contributed by atoms with Gasteiger partial charge in [0.25, 0.3) is 0 Å². The molecule has 0 heterocycles. The Bertz CT molecular complexity index is 1850. The first-order valence-electron chi connectivity index (χ1n) is 17.5. The van der Waals surface area contributed by atoms with E-state index in [1.54, 1.807) is 0 Å². The van der Waals surface area contributed by atoms with Crippen molar-refractivity contribution in [3.8, 4) is 0 Å². The van der Waals surface area contributed by atoms with Crippen molar-refractivity contribution in [3.05, 3.63) is 204 Å². The van der Waals surface area contributed by atoms with Crippen LogP contribution in [-0.2, 0) is 26.2 Å². The fourth-order valence-corrected chi connectivity index (χ4v) is 6.00. The predicted molar refractivity (Wildman–Crippen MR) is 215 cm³/mol. The quantitative estimate of drug-likeness (QED) is 0.0555. The third-order valence-electron chi connectivity index (χ3n) is 8.26. The molecule has 0 radical (unpaired) electrons. The summed E-state index contributed by atoms with van der Waals surface area (Å²) in [5.41, 5.74) is 8.15. The number of benzene rings is 6. The molecule has 0 aliphatic rings. The van der Waals surface area contributed by atoms with Crippen molar-refractivity contribution < 1.29 is 42.1 Å². The second-order valence-electron chi connectivity index (χ2n) is 14.0. The van der Waals surface area contributed by atoms with Gasteiger partial charge in [-0.2, -0.15) is 0 Å². The number of rotatable bonds is 10. The van der Waals surface area contributed by atoms with E-state index in [1.165, 1.54) is 33.6 Å². The first-order chi connectivity index (χ1) is 26.4. The molecule has 0 amide bonds. The predicted octanol–water partition coefficient (Wildman–Crippen LogP) is 15.6. The van der Waals surface area contributed by atoms with Crippen molar-refractivity contribution >= 4 is 38.7 Å². The molecule has 0 aliphatic carbocycles. The fraction of sp³-hybridized carbons (Fsp3) is 0.143. The van der Waals surface area contributed by atoms with Gasteiger partial charge in [0, 0.05) is 22.3 Å². The molecule has 16 heteroatoms. The second kappa shape index (κ2) is 17.5. The molecule has 0 N–H and O–H groups in total. The van der Waals surface area contributed by atoms with Crippen molar-refractivity contribution in [2.75, 3.05) is 14.1 Å². The van der Waals surface area contributed by atoms with Crippen LogP contribution in [0.2, 0.25) is 0 Å². The number of halogens is 12. The Morgan fingerprint density at radius 3 is 0.621 bits per heavy atom. The first-order valence-corrected chi connectivity index (χ1v) is 25.3. The Hall–Kier alpha value is -4.35. The minimum atomic E-state index is -11.2. The van der Waals surface area contributed by atoms with Crippen molar-refractivity contribution in [1.82, 2.24) is 8.97 Å². The normalized spacial score (nSPS) is 14.2. The zero-order valence-electron chi connectivity index (χ0n) is 31.5. The van der Waals surface area contributed by atoms with Crippen LogP contribution in [0.1, 0.15) is 22.3 Å². The van der Waals surface area contributed by atoms with Crippen molar-refractivity contribution in [1.29, 1.82) is 0 Å². The molecule has 0 spiro atoms. The fourth-order valence-electron chi connectivity index (χ4n) is 6.00. The monoisotopic (exact) mass is 956 g/mol. The molecule has 316 valence electrons. The van der Waals surface area contributed by atoms with E-state index >= 15 is 0 Å². The van der Waals surface area contributed by atoms with Crippen LogP contribution >= 0.6 is 7.81 Å². The zero-order valence-corrected chi connectivity index (χ0v) is 34.9. The van der Waals surface area contributed by atoms with Gasteiger partial charge in [-0.05, 0) is 24.3 Å². The van der Waals surface area contributed by atoms with Crippen LogP contribution < -0.4 is 8.97 Å². The van der Waals surface area contributed by atoms with E-state index in [0.29, 0.717) is 0 Å². The summed E-state index contributed by atoms with van der Waals surface area (Å²) < 4.78 is 120. The van der Waals surface area contributed by atoms with Crippen molar-refractivity contribution in [2.45, 2.75) is 26.2 Å². The molecule has 0 fully saturated rings. The van der Waals surface area contributed by atoms with Crippen molar-refractivity contribution in [3.63, 3.8) is 0 Å². The van der Waals surface area contributed by atoms with Gasteiger partial charge >= 0.3 is 69.3 Å². The summed E-state index contributed by atoms with van der Waals surface area (Å²) in [4.78, 5) is 0. The van der Waals surface area contributed by atoms with Gasteiger partial charge in [0.15, 0.2) is 0 Å². The topological polar surface area (TPSA) is 0 Å². The van der Waals surface area contributed by atoms with Gasteiger partial charge in [-0.3, -0.25) is 8.97 Å². The average molecular weight is 958 g/mol. The SMILES string of the molecule is C[N+](Cc1ccccc1)(Cc1ccccc1)c1ccccc1.C[N+](Cc1ccccc1)(Cc1ccccc1)c1ccccc1.F[P-](F)(F)(F)(F)F.[F][Sb-]([F])([F])([F])([F])[F]. The van der Waals surface area contributed by atoms with Crippen LogP contribution in [0.25, 0.3) is 0 Å². The first kappa shape index (κ1) is 48.0. The minimum absolute atomic E-state index is 0.870. The van der Waals surface area contributed by atoms with Crippen molar-refractivity contribution in [2.24, 2.45) is 0 Å². The number of nitrogens with zero attached hydrogens (tertiary/aromatic N) is 2. The molecule has 0 saturated carbocycles. The molecule has 2 nitrogen and oxygen atoms in total. The Kier molecular flexibility index (Phi) is 14.5. The standard InChI is InChI=1S/2C21H22N.F6P.6FH.Sb/c2*1-22(21-15-9-4-10-16-21,17-19-11-5-2-6-12-19)18-20-13-7-3-8-14-20;1-7(2,3,4,5)6;;;;;;;/h2*2-16H,17-18H2,1H3;;6*1H;/q2*+1;-1;;;;;;;+5/p-6. The molecular formula is C42H44F12N2PSb. The summed E-state index contributed by atoms with van der Waals surface area (Å²) in [7, 11) is -6.03. The summed E-state index contributed by atoms with van der Waals surface area (Å²) >= 11 is -11.2. The van der Waals surface area contributed by atoms with E-state index in [2.05, 4.69) is 196 Å². The van der Waals surface area contributed by atoms with E-state index in [0.717, 1.165) is 35.1 Å². The summed E-state index contributed by atoms with van der Waals surface area (Å²) in [6.45, 7) is 3.94. The Morgan fingerprint density at radius 1 is 0.328 bits per heavy atom. The van der Waals surface area contributed by atoms with Gasteiger partial charge in [-0.1, -0.05) is 158 Å². The summed E-state index contributed by atoms with van der Waals surface area (Å²) in [6, 6.07) is 64.5. The van der Waals surface area contributed by atoms with Gasteiger partial charge in [-0.15, -0.1) is 0 Å². The van der Waals surface area contributed by atoms with Gasteiger partial charge in [0.2, 0.25) is 0 Å². The van der Waals surface area contributed by atoms with Crippen LogP contribution in [0.4, 0.5) is 53.4 Å². The molecule has 6 aromatic carbocycles. The van der Waals surface area contributed by atoms with Crippen LogP contribution in [0, 0.1) is 0 Å². The van der Waals surface area contributed by atoms with E-state index in [1.807, 2.05) is 0 Å². The molecule has 0 atom stereocenters. The summed E-state index contributed by atoms with van der Waals surface area (Å²) in [6.07, 6.45) is 0. The number of hydrogen-bond acceptors (Lipinski definition) is 0. The molecule has 0 aliphatic heterocycles. The molecule has 6 rings (SSSR count). The van der Waals surface area contributed by atoms with Crippen LogP contribution in [-0.4, -0.2) is 33.6 Å². The number of para-hydroxylation sites is 2. The molecule has 0 saturated heterocycles. The van der Waals surface area contributed by atoms with Crippen LogP contribution in [0.15, 0.2) is 182 Å².